The van der Waals surface area contributed by atoms with E-state index in [2.05, 4.69) is 21.3 Å². The fourth-order valence-corrected chi connectivity index (χ4v) is 4.57. The standard InChI is InChI=1S/C32H42Cl2N4O9/c1-21(37-30(44)47-31(2,3)4)26(39)38-32(27(40)41,15-9-17-35-28(42)45-19-22-11-5-7-13-24(22)33)16-10-18-36-29(43)46-20-23-12-6-8-14-25(23)34/h5-8,11-14,21H,9-10,15-20H2,1-4H3,(H,35,42)(H,36,43)(H,37,44)(H,38,39)(H,40,41)/t21-/m0/s1. The van der Waals surface area contributed by atoms with Crippen LogP contribution in [0.15, 0.2) is 48.5 Å². The smallest absolute Gasteiger partial charge is 0.408 e. The Balaban J connectivity index is 2.00. The van der Waals surface area contributed by atoms with E-state index in [9.17, 15) is 29.1 Å². The number of ether oxygens (including phenoxy) is 3. The van der Waals surface area contributed by atoms with Gasteiger partial charge in [0.25, 0.3) is 0 Å². The SMILES string of the molecule is C[C@H](NC(=O)OC(C)(C)C)C(=O)NC(CCCNC(=O)OCc1ccccc1Cl)(CCCNC(=O)OCc1ccccc1Cl)C(=O)O. The van der Waals surface area contributed by atoms with Crippen molar-refractivity contribution < 1.29 is 43.3 Å². The summed E-state index contributed by atoms with van der Waals surface area (Å²) < 4.78 is 15.5. The number of benzene rings is 2. The summed E-state index contributed by atoms with van der Waals surface area (Å²) in [5.74, 6) is -2.10. The van der Waals surface area contributed by atoms with Crippen LogP contribution in [0.3, 0.4) is 0 Å². The van der Waals surface area contributed by atoms with E-state index >= 15 is 0 Å². The molecule has 4 amide bonds. The molecule has 47 heavy (non-hydrogen) atoms. The molecular formula is C32H42Cl2N4O9. The summed E-state index contributed by atoms with van der Waals surface area (Å²) in [6, 6.07) is 12.6. The van der Waals surface area contributed by atoms with Crippen LogP contribution in [0.25, 0.3) is 0 Å². The number of rotatable bonds is 16. The number of amides is 4. The zero-order valence-corrected chi connectivity index (χ0v) is 28.3. The van der Waals surface area contributed by atoms with Crippen LogP contribution >= 0.6 is 23.2 Å². The van der Waals surface area contributed by atoms with Crippen LogP contribution in [-0.4, -0.2) is 65.5 Å². The summed E-state index contributed by atoms with van der Waals surface area (Å²) in [7, 11) is 0. The number of carbonyl (C=O) groups excluding carboxylic acids is 4. The molecule has 0 bridgehead atoms. The molecule has 0 aliphatic carbocycles. The first kappa shape index (κ1) is 39.0. The zero-order chi connectivity index (χ0) is 35.0. The van der Waals surface area contributed by atoms with Gasteiger partial charge in [0.05, 0.1) is 0 Å². The van der Waals surface area contributed by atoms with Gasteiger partial charge in [-0.3, -0.25) is 4.79 Å². The predicted molar refractivity (Wildman–Crippen MR) is 175 cm³/mol. The molecule has 0 saturated heterocycles. The first-order valence-corrected chi connectivity index (χ1v) is 15.7. The highest BCUT2D eigenvalue weighted by Gasteiger charge is 2.40. The van der Waals surface area contributed by atoms with E-state index in [0.717, 1.165) is 0 Å². The molecule has 0 spiro atoms. The highest BCUT2D eigenvalue weighted by atomic mass is 35.5. The number of aliphatic carboxylic acids is 1. The lowest BCUT2D eigenvalue weighted by molar-refractivity contribution is -0.148. The lowest BCUT2D eigenvalue weighted by atomic mass is 9.87. The minimum absolute atomic E-state index is 0.0323. The average Bonchev–Trinajstić information content (AvgIpc) is 2.99. The molecule has 1 atom stereocenters. The van der Waals surface area contributed by atoms with Crippen molar-refractivity contribution in [1.29, 1.82) is 0 Å². The molecule has 0 radical (unpaired) electrons. The molecule has 2 rings (SSSR count). The third kappa shape index (κ3) is 14.4. The minimum atomic E-state index is -1.81. The Hall–Kier alpha value is -4.23. The predicted octanol–water partition coefficient (Wildman–Crippen LogP) is 5.56. The normalized spacial score (nSPS) is 11.9. The van der Waals surface area contributed by atoms with Crippen molar-refractivity contribution in [1.82, 2.24) is 21.3 Å². The van der Waals surface area contributed by atoms with Gasteiger partial charge in [-0.05, 0) is 65.5 Å². The van der Waals surface area contributed by atoms with Crippen molar-refractivity contribution >= 4 is 53.4 Å². The van der Waals surface area contributed by atoms with E-state index < -0.39 is 47.3 Å². The monoisotopic (exact) mass is 696 g/mol. The molecule has 5 N–H and O–H groups in total. The van der Waals surface area contributed by atoms with Gasteiger partial charge in [0.1, 0.15) is 30.4 Å². The molecule has 0 aliphatic rings. The van der Waals surface area contributed by atoms with E-state index in [1.54, 1.807) is 69.3 Å². The summed E-state index contributed by atoms with van der Waals surface area (Å²) >= 11 is 12.2. The molecule has 0 heterocycles. The van der Waals surface area contributed by atoms with Gasteiger partial charge in [0, 0.05) is 34.3 Å². The third-order valence-corrected chi connectivity index (χ3v) is 7.37. The average molecular weight is 698 g/mol. The quantitative estimate of drug-likeness (QED) is 0.111. The van der Waals surface area contributed by atoms with Crippen molar-refractivity contribution in [3.8, 4) is 0 Å². The van der Waals surface area contributed by atoms with Crippen LogP contribution in [-0.2, 0) is 37.0 Å². The van der Waals surface area contributed by atoms with Crippen LogP contribution in [0.2, 0.25) is 10.0 Å². The van der Waals surface area contributed by atoms with Gasteiger partial charge in [0.2, 0.25) is 5.91 Å². The number of nitrogens with one attached hydrogen (secondary N) is 4. The van der Waals surface area contributed by atoms with Gasteiger partial charge in [-0.2, -0.15) is 0 Å². The Morgan fingerprint density at radius 3 is 1.62 bits per heavy atom. The Labute approximate surface area is 284 Å². The Morgan fingerprint density at radius 2 is 1.21 bits per heavy atom. The molecular weight excluding hydrogens is 655 g/mol. The Morgan fingerprint density at radius 1 is 0.766 bits per heavy atom. The van der Waals surface area contributed by atoms with E-state index in [-0.39, 0.29) is 52.0 Å². The molecule has 2 aromatic rings. The van der Waals surface area contributed by atoms with E-state index in [0.29, 0.717) is 21.2 Å². The number of halogens is 2. The lowest BCUT2D eigenvalue weighted by Gasteiger charge is -2.32. The third-order valence-electron chi connectivity index (χ3n) is 6.63. The van der Waals surface area contributed by atoms with Crippen molar-refractivity contribution in [3.05, 3.63) is 69.7 Å². The Kier molecular flexibility index (Phi) is 15.6. The first-order valence-electron chi connectivity index (χ1n) is 14.9. The van der Waals surface area contributed by atoms with Crippen molar-refractivity contribution in [3.63, 3.8) is 0 Å². The topological polar surface area (TPSA) is 181 Å². The highest BCUT2D eigenvalue weighted by molar-refractivity contribution is 6.31. The summed E-state index contributed by atoms with van der Waals surface area (Å²) in [6.07, 6.45) is -2.25. The molecule has 0 aliphatic heterocycles. The number of alkyl carbamates (subject to hydrolysis) is 3. The van der Waals surface area contributed by atoms with Crippen molar-refractivity contribution in [2.45, 2.75) is 83.8 Å². The summed E-state index contributed by atoms with van der Waals surface area (Å²) in [4.78, 5) is 62.4. The van der Waals surface area contributed by atoms with Crippen molar-refractivity contribution in [2.75, 3.05) is 13.1 Å². The maximum atomic E-state index is 13.1. The first-order chi connectivity index (χ1) is 22.1. The number of hydrogen-bond acceptors (Lipinski definition) is 8. The van der Waals surface area contributed by atoms with Crippen LogP contribution in [0.5, 0.6) is 0 Å². The molecule has 258 valence electrons. The van der Waals surface area contributed by atoms with Crippen LogP contribution in [0.1, 0.15) is 64.5 Å². The molecule has 0 unspecified atom stereocenters. The van der Waals surface area contributed by atoms with Crippen LogP contribution in [0, 0.1) is 0 Å². The molecule has 0 saturated carbocycles. The van der Waals surface area contributed by atoms with Gasteiger partial charge in [-0.25, -0.2) is 19.2 Å². The van der Waals surface area contributed by atoms with E-state index in [4.69, 9.17) is 37.4 Å². The maximum absolute atomic E-state index is 13.1. The lowest BCUT2D eigenvalue weighted by Crippen LogP contribution is -2.59. The molecule has 0 fully saturated rings. The highest BCUT2D eigenvalue weighted by Crippen LogP contribution is 2.22. The maximum Gasteiger partial charge on any atom is 0.408 e. The second kappa shape index (κ2) is 18.8. The molecule has 2 aromatic carbocycles. The largest absolute Gasteiger partial charge is 0.480 e. The van der Waals surface area contributed by atoms with Crippen molar-refractivity contribution in [2.24, 2.45) is 0 Å². The summed E-state index contributed by atoms with van der Waals surface area (Å²) in [5.41, 5.74) is -1.39. The fourth-order valence-electron chi connectivity index (χ4n) is 4.19. The van der Waals surface area contributed by atoms with Gasteiger partial charge in [-0.15, -0.1) is 0 Å². The fraction of sp³-hybridized carbons (Fsp3) is 0.469. The summed E-state index contributed by atoms with van der Waals surface area (Å²) in [6.45, 7) is 6.32. The number of carbonyl (C=O) groups is 5. The number of hydrogen-bond donors (Lipinski definition) is 5. The van der Waals surface area contributed by atoms with Gasteiger partial charge >= 0.3 is 24.2 Å². The van der Waals surface area contributed by atoms with Gasteiger partial charge in [0.15, 0.2) is 0 Å². The van der Waals surface area contributed by atoms with E-state index in [1.165, 1.54) is 6.92 Å². The minimum Gasteiger partial charge on any atom is -0.480 e. The molecule has 15 heteroatoms. The van der Waals surface area contributed by atoms with Crippen LogP contribution in [0.4, 0.5) is 14.4 Å². The molecule has 13 nitrogen and oxygen atoms in total. The second-order valence-electron chi connectivity index (χ2n) is 11.6. The zero-order valence-electron chi connectivity index (χ0n) is 26.8. The summed E-state index contributed by atoms with van der Waals surface area (Å²) in [5, 5.41) is 21.3. The number of carboxylic acid groups (broad SMARTS) is 1. The van der Waals surface area contributed by atoms with Gasteiger partial charge in [-0.1, -0.05) is 59.6 Å². The molecule has 0 aromatic heterocycles. The Bertz CT molecular complexity index is 1310. The number of carboxylic acids is 1. The van der Waals surface area contributed by atoms with Gasteiger partial charge < -0.3 is 40.6 Å². The second-order valence-corrected chi connectivity index (χ2v) is 12.5. The van der Waals surface area contributed by atoms with Crippen LogP contribution < -0.4 is 21.3 Å². The van der Waals surface area contributed by atoms with E-state index in [1.807, 2.05) is 0 Å².